The van der Waals surface area contributed by atoms with E-state index in [1.807, 2.05) is 20.8 Å². The lowest BCUT2D eigenvalue weighted by molar-refractivity contribution is 0.595. The zero-order chi connectivity index (χ0) is 19.4. The molecule has 0 saturated heterocycles. The average molecular weight is 393 g/mol. The summed E-state index contributed by atoms with van der Waals surface area (Å²) in [5.41, 5.74) is 1.88. The average Bonchev–Trinajstić information content (AvgIpc) is 2.59. The van der Waals surface area contributed by atoms with E-state index in [2.05, 4.69) is 0 Å². The Morgan fingerprint density at radius 2 is 1.27 bits per heavy atom. The molecule has 0 aliphatic carbocycles. The molecule has 6 heteroatoms. The van der Waals surface area contributed by atoms with Crippen LogP contribution in [-0.4, -0.2) is 16.8 Å². The van der Waals surface area contributed by atoms with Crippen molar-refractivity contribution >= 4 is 19.7 Å². The van der Waals surface area contributed by atoms with Gasteiger partial charge in [-0.15, -0.1) is 0 Å². The molecule has 0 amide bonds. The van der Waals surface area contributed by atoms with Crippen molar-refractivity contribution in [2.24, 2.45) is 0 Å². The Morgan fingerprint density at radius 1 is 0.808 bits per heavy atom. The van der Waals surface area contributed by atoms with Crippen LogP contribution in [0.2, 0.25) is 0 Å². The molecule has 0 unspecified atom stereocenters. The lowest BCUT2D eigenvalue weighted by Crippen LogP contribution is -2.08. The number of sulfone groups is 2. The van der Waals surface area contributed by atoms with Crippen LogP contribution in [0, 0.1) is 13.8 Å². The SMILES string of the molecule is CCCC/C(=C/S(=O)(=O)c1ccc(C)cc1)S(=O)(=O)c1ccc(C)cc1. The lowest BCUT2D eigenvalue weighted by atomic mass is 10.2. The van der Waals surface area contributed by atoms with E-state index in [1.54, 1.807) is 24.3 Å². The number of benzene rings is 2. The van der Waals surface area contributed by atoms with Gasteiger partial charge in [0.05, 0.1) is 20.1 Å². The van der Waals surface area contributed by atoms with Gasteiger partial charge in [-0.2, -0.15) is 0 Å². The molecular weight excluding hydrogens is 368 g/mol. The number of hydrogen-bond acceptors (Lipinski definition) is 4. The molecule has 0 aliphatic heterocycles. The van der Waals surface area contributed by atoms with Gasteiger partial charge in [0.25, 0.3) is 0 Å². The van der Waals surface area contributed by atoms with Crippen molar-refractivity contribution in [3.05, 3.63) is 70.0 Å². The van der Waals surface area contributed by atoms with Crippen molar-refractivity contribution in [3.8, 4) is 0 Å². The van der Waals surface area contributed by atoms with Crippen LogP contribution < -0.4 is 0 Å². The number of hydrogen-bond donors (Lipinski definition) is 0. The molecule has 0 N–H and O–H groups in total. The van der Waals surface area contributed by atoms with Crippen molar-refractivity contribution in [2.75, 3.05) is 0 Å². The molecule has 0 heterocycles. The van der Waals surface area contributed by atoms with Crippen LogP contribution in [0.3, 0.4) is 0 Å². The fourth-order valence-corrected chi connectivity index (χ4v) is 5.66. The van der Waals surface area contributed by atoms with Crippen molar-refractivity contribution < 1.29 is 16.8 Å². The summed E-state index contributed by atoms with van der Waals surface area (Å²) in [7, 11) is -7.70. The van der Waals surface area contributed by atoms with Crippen LogP contribution >= 0.6 is 0 Å². The van der Waals surface area contributed by atoms with Gasteiger partial charge in [-0.25, -0.2) is 16.8 Å². The summed E-state index contributed by atoms with van der Waals surface area (Å²) in [5, 5.41) is 0.919. The van der Waals surface area contributed by atoms with E-state index in [0.29, 0.717) is 6.42 Å². The van der Waals surface area contributed by atoms with E-state index in [1.165, 1.54) is 24.3 Å². The molecule has 0 atom stereocenters. The molecule has 0 bridgehead atoms. The Balaban J connectivity index is 2.53. The first kappa shape index (κ1) is 20.4. The maximum atomic E-state index is 13.0. The van der Waals surface area contributed by atoms with Crippen LogP contribution in [0.4, 0.5) is 0 Å². The van der Waals surface area contributed by atoms with E-state index < -0.39 is 19.7 Å². The number of aryl methyl sites for hydroxylation is 2. The zero-order valence-electron chi connectivity index (χ0n) is 15.3. The summed E-state index contributed by atoms with van der Waals surface area (Å²) in [4.78, 5) is 0.143. The zero-order valence-corrected chi connectivity index (χ0v) is 16.9. The van der Waals surface area contributed by atoms with Gasteiger partial charge in [0.1, 0.15) is 0 Å². The van der Waals surface area contributed by atoms with E-state index in [-0.39, 0.29) is 21.1 Å². The molecule has 0 aliphatic rings. The first-order valence-corrected chi connectivity index (χ1v) is 11.5. The third kappa shape index (κ3) is 4.83. The first-order valence-electron chi connectivity index (χ1n) is 8.51. The molecule has 0 radical (unpaired) electrons. The summed E-state index contributed by atoms with van der Waals surface area (Å²) in [6, 6.07) is 12.8. The van der Waals surface area contributed by atoms with E-state index >= 15 is 0 Å². The molecule has 26 heavy (non-hydrogen) atoms. The third-order valence-corrected chi connectivity index (χ3v) is 7.67. The molecule has 0 aromatic heterocycles. The van der Waals surface area contributed by atoms with Crippen LogP contribution in [0.5, 0.6) is 0 Å². The molecule has 140 valence electrons. The van der Waals surface area contributed by atoms with Gasteiger partial charge in [0.15, 0.2) is 0 Å². The quantitative estimate of drug-likeness (QED) is 0.691. The van der Waals surface area contributed by atoms with Crippen LogP contribution in [0.15, 0.2) is 68.6 Å². The number of rotatable bonds is 7. The Morgan fingerprint density at radius 3 is 1.73 bits per heavy atom. The Hall–Kier alpha value is -1.92. The first-order chi connectivity index (χ1) is 12.2. The largest absolute Gasteiger partial charge is 0.219 e. The molecule has 0 spiro atoms. The number of unbranched alkanes of at least 4 members (excludes halogenated alkanes) is 1. The lowest BCUT2D eigenvalue weighted by Gasteiger charge is -2.10. The predicted octanol–water partition coefficient (Wildman–Crippen LogP) is 4.58. The summed E-state index contributed by atoms with van der Waals surface area (Å²) in [6.07, 6.45) is 1.56. The Kier molecular flexibility index (Phi) is 6.42. The van der Waals surface area contributed by atoms with Crippen molar-refractivity contribution in [1.82, 2.24) is 0 Å². The van der Waals surface area contributed by atoms with Gasteiger partial charge in [-0.05, 0) is 51.0 Å². The van der Waals surface area contributed by atoms with Crippen LogP contribution in [0.25, 0.3) is 0 Å². The minimum Gasteiger partial charge on any atom is -0.219 e. The molecule has 2 aromatic carbocycles. The fourth-order valence-electron chi connectivity index (χ4n) is 2.45. The summed E-state index contributed by atoms with van der Waals surface area (Å²) < 4.78 is 51.4. The van der Waals surface area contributed by atoms with Crippen molar-refractivity contribution in [3.63, 3.8) is 0 Å². The smallest absolute Gasteiger partial charge is 0.203 e. The second kappa shape index (κ2) is 8.18. The van der Waals surface area contributed by atoms with E-state index in [9.17, 15) is 16.8 Å². The highest BCUT2D eigenvalue weighted by Crippen LogP contribution is 2.27. The molecule has 2 aromatic rings. The second-order valence-corrected chi connectivity index (χ2v) is 10.2. The summed E-state index contributed by atoms with van der Waals surface area (Å²) in [6.45, 7) is 5.66. The summed E-state index contributed by atoms with van der Waals surface area (Å²) >= 11 is 0. The minimum absolute atomic E-state index is 0.0659. The Labute approximate surface area is 156 Å². The van der Waals surface area contributed by atoms with Crippen molar-refractivity contribution in [1.29, 1.82) is 0 Å². The monoisotopic (exact) mass is 392 g/mol. The predicted molar refractivity (Wildman–Crippen MR) is 104 cm³/mol. The molecule has 0 fully saturated rings. The normalized spacial score (nSPS) is 13.0. The highest BCUT2D eigenvalue weighted by molar-refractivity contribution is 7.98. The fraction of sp³-hybridized carbons (Fsp3) is 0.300. The second-order valence-electron chi connectivity index (χ2n) is 6.36. The van der Waals surface area contributed by atoms with Gasteiger partial charge in [0.2, 0.25) is 19.7 Å². The maximum absolute atomic E-state index is 13.0. The molecular formula is C20H24O4S2. The van der Waals surface area contributed by atoms with Crippen LogP contribution in [-0.2, 0) is 19.7 Å². The molecule has 0 saturated carbocycles. The standard InChI is InChI=1S/C20H24O4S2/c1-4-5-6-20(26(23,24)19-13-9-17(3)10-14-19)15-25(21,22)18-11-7-16(2)8-12-18/h7-15H,4-6H2,1-3H3/b20-15-. The van der Waals surface area contributed by atoms with E-state index in [0.717, 1.165) is 23.0 Å². The van der Waals surface area contributed by atoms with Crippen molar-refractivity contribution in [2.45, 2.75) is 49.8 Å². The topological polar surface area (TPSA) is 68.3 Å². The highest BCUT2D eigenvalue weighted by Gasteiger charge is 2.24. The van der Waals surface area contributed by atoms with Crippen LogP contribution in [0.1, 0.15) is 37.3 Å². The van der Waals surface area contributed by atoms with Gasteiger partial charge < -0.3 is 0 Å². The molecule has 4 nitrogen and oxygen atoms in total. The minimum atomic E-state index is -3.86. The van der Waals surface area contributed by atoms with Gasteiger partial charge in [-0.1, -0.05) is 48.7 Å². The molecule has 2 rings (SSSR count). The third-order valence-electron chi connectivity index (χ3n) is 4.09. The summed E-state index contributed by atoms with van der Waals surface area (Å²) in [5.74, 6) is 0. The van der Waals surface area contributed by atoms with Gasteiger partial charge in [0, 0.05) is 0 Å². The number of allylic oxidation sites excluding steroid dienone is 1. The maximum Gasteiger partial charge on any atom is 0.203 e. The van der Waals surface area contributed by atoms with Gasteiger partial charge >= 0.3 is 0 Å². The van der Waals surface area contributed by atoms with Gasteiger partial charge in [-0.3, -0.25) is 0 Å². The Bertz CT molecular complexity index is 983. The van der Waals surface area contributed by atoms with E-state index in [4.69, 9.17) is 0 Å². The highest BCUT2D eigenvalue weighted by atomic mass is 32.2.